The first-order chi connectivity index (χ1) is 7.41. The molecule has 3 unspecified atom stereocenters. The van der Waals surface area contributed by atoms with Crippen LogP contribution in [0.25, 0.3) is 0 Å². The highest BCUT2D eigenvalue weighted by Crippen LogP contribution is 2.65. The van der Waals surface area contributed by atoms with Gasteiger partial charge >= 0.3 is 0 Å². The summed E-state index contributed by atoms with van der Waals surface area (Å²) in [6.07, 6.45) is 5.45. The van der Waals surface area contributed by atoms with Crippen LogP contribution in [0.15, 0.2) is 0 Å². The summed E-state index contributed by atoms with van der Waals surface area (Å²) in [4.78, 5) is 11.7. The molecule has 2 fully saturated rings. The van der Waals surface area contributed by atoms with Gasteiger partial charge in [-0.25, -0.2) is 0 Å². The van der Waals surface area contributed by atoms with Crippen LogP contribution in [-0.4, -0.2) is 11.9 Å². The molecule has 2 aliphatic rings. The van der Waals surface area contributed by atoms with Gasteiger partial charge in [0.1, 0.15) is 0 Å². The zero-order valence-electron chi connectivity index (χ0n) is 11.1. The maximum Gasteiger partial charge on any atom is 0.220 e. The summed E-state index contributed by atoms with van der Waals surface area (Å²) in [6.45, 7) is 9.20. The molecular weight excluding hydrogens is 198 g/mol. The quantitative estimate of drug-likeness (QED) is 0.782. The predicted molar refractivity (Wildman–Crippen MR) is 66.1 cm³/mol. The van der Waals surface area contributed by atoms with Crippen molar-refractivity contribution in [1.82, 2.24) is 5.32 Å². The van der Waals surface area contributed by atoms with Gasteiger partial charge in [0, 0.05) is 12.5 Å². The molecule has 2 saturated carbocycles. The molecule has 0 aliphatic heterocycles. The second kappa shape index (κ2) is 3.75. The molecule has 2 bridgehead atoms. The monoisotopic (exact) mass is 223 g/mol. The van der Waals surface area contributed by atoms with Gasteiger partial charge in [-0.15, -0.1) is 0 Å². The number of hydrogen-bond acceptors (Lipinski definition) is 1. The molecule has 0 aromatic rings. The fraction of sp³-hybridized carbons (Fsp3) is 0.929. The number of fused-ring (bicyclic) bond motifs is 2. The molecule has 2 heteroatoms. The number of hydrogen-bond donors (Lipinski definition) is 1. The van der Waals surface area contributed by atoms with E-state index in [0.717, 1.165) is 12.3 Å². The highest BCUT2D eigenvalue weighted by Gasteiger charge is 2.61. The van der Waals surface area contributed by atoms with Crippen molar-refractivity contribution in [2.24, 2.45) is 16.7 Å². The SMILES string of the molecule is CCCC(=O)NC1CC2CCC1(C)C2(C)C. The van der Waals surface area contributed by atoms with Crippen molar-refractivity contribution in [2.45, 2.75) is 65.8 Å². The Morgan fingerprint density at radius 2 is 2.06 bits per heavy atom. The minimum absolute atomic E-state index is 0.247. The second-order valence-corrected chi connectivity index (χ2v) is 6.48. The van der Waals surface area contributed by atoms with Crippen molar-refractivity contribution in [1.29, 1.82) is 0 Å². The summed E-state index contributed by atoms with van der Waals surface area (Å²) in [5.74, 6) is 1.06. The van der Waals surface area contributed by atoms with E-state index in [4.69, 9.17) is 0 Å². The van der Waals surface area contributed by atoms with Crippen LogP contribution in [0.4, 0.5) is 0 Å². The number of nitrogens with one attached hydrogen (secondary N) is 1. The molecule has 92 valence electrons. The Balaban J connectivity index is 2.07. The van der Waals surface area contributed by atoms with E-state index in [9.17, 15) is 4.79 Å². The van der Waals surface area contributed by atoms with E-state index in [1.807, 2.05) is 0 Å². The summed E-state index contributed by atoms with van der Waals surface area (Å²) < 4.78 is 0. The maximum absolute atomic E-state index is 11.7. The van der Waals surface area contributed by atoms with Crippen LogP contribution in [0.3, 0.4) is 0 Å². The Morgan fingerprint density at radius 1 is 1.38 bits per heavy atom. The smallest absolute Gasteiger partial charge is 0.220 e. The minimum Gasteiger partial charge on any atom is -0.353 e. The number of carbonyl (C=O) groups excluding carboxylic acids is 1. The van der Waals surface area contributed by atoms with E-state index in [0.29, 0.717) is 23.3 Å². The van der Waals surface area contributed by atoms with Gasteiger partial charge in [0.05, 0.1) is 0 Å². The van der Waals surface area contributed by atoms with Gasteiger partial charge in [0.25, 0.3) is 0 Å². The van der Waals surface area contributed by atoms with Crippen molar-refractivity contribution in [3.63, 3.8) is 0 Å². The molecule has 0 aromatic carbocycles. The zero-order chi connectivity index (χ0) is 12.0. The third kappa shape index (κ3) is 1.49. The van der Waals surface area contributed by atoms with Gasteiger partial charge in [-0.2, -0.15) is 0 Å². The fourth-order valence-electron chi connectivity index (χ4n) is 3.92. The first kappa shape index (κ1) is 11.9. The summed E-state index contributed by atoms with van der Waals surface area (Å²) in [5.41, 5.74) is 0.720. The normalized spacial score (nSPS) is 40.0. The Kier molecular flexibility index (Phi) is 2.80. The van der Waals surface area contributed by atoms with E-state index in [-0.39, 0.29) is 5.91 Å². The molecule has 3 atom stereocenters. The van der Waals surface area contributed by atoms with Gasteiger partial charge in [0.2, 0.25) is 5.91 Å². The molecule has 0 aromatic heterocycles. The lowest BCUT2D eigenvalue weighted by molar-refractivity contribution is -0.122. The molecule has 1 amide bonds. The Bertz CT molecular complexity index is 297. The zero-order valence-corrected chi connectivity index (χ0v) is 11.1. The highest BCUT2D eigenvalue weighted by atomic mass is 16.1. The van der Waals surface area contributed by atoms with Crippen LogP contribution < -0.4 is 5.32 Å². The molecule has 2 nitrogen and oxygen atoms in total. The fourth-order valence-corrected chi connectivity index (χ4v) is 3.92. The molecule has 0 spiro atoms. The topological polar surface area (TPSA) is 29.1 Å². The van der Waals surface area contributed by atoms with E-state index in [1.165, 1.54) is 19.3 Å². The van der Waals surface area contributed by atoms with Crippen molar-refractivity contribution >= 4 is 5.91 Å². The van der Waals surface area contributed by atoms with Gasteiger partial charge in [0.15, 0.2) is 0 Å². The molecule has 0 radical (unpaired) electrons. The lowest BCUT2D eigenvalue weighted by Crippen LogP contribution is -2.46. The summed E-state index contributed by atoms with van der Waals surface area (Å²) in [7, 11) is 0. The van der Waals surface area contributed by atoms with Crippen LogP contribution >= 0.6 is 0 Å². The van der Waals surface area contributed by atoms with Crippen molar-refractivity contribution in [2.75, 3.05) is 0 Å². The molecule has 0 saturated heterocycles. The van der Waals surface area contributed by atoms with E-state index < -0.39 is 0 Å². The van der Waals surface area contributed by atoms with Crippen LogP contribution in [0.2, 0.25) is 0 Å². The van der Waals surface area contributed by atoms with Gasteiger partial charge < -0.3 is 5.32 Å². The largest absolute Gasteiger partial charge is 0.353 e. The first-order valence-electron chi connectivity index (χ1n) is 6.71. The summed E-state index contributed by atoms with van der Waals surface area (Å²) >= 11 is 0. The maximum atomic E-state index is 11.7. The first-order valence-corrected chi connectivity index (χ1v) is 6.71. The lowest BCUT2D eigenvalue weighted by Gasteiger charge is -2.39. The molecule has 2 aliphatic carbocycles. The number of rotatable bonds is 3. The molecular formula is C14H25NO. The molecule has 16 heavy (non-hydrogen) atoms. The lowest BCUT2D eigenvalue weighted by atomic mass is 9.69. The van der Waals surface area contributed by atoms with Gasteiger partial charge in [-0.05, 0) is 42.4 Å². The average Bonchev–Trinajstić information content (AvgIpc) is 2.51. The third-order valence-corrected chi connectivity index (χ3v) is 5.61. The molecule has 0 heterocycles. The van der Waals surface area contributed by atoms with Crippen LogP contribution in [0, 0.1) is 16.7 Å². The number of amides is 1. The van der Waals surface area contributed by atoms with E-state index in [1.54, 1.807) is 0 Å². The van der Waals surface area contributed by atoms with Crippen molar-refractivity contribution in [3.8, 4) is 0 Å². The van der Waals surface area contributed by atoms with E-state index in [2.05, 4.69) is 33.0 Å². The summed E-state index contributed by atoms with van der Waals surface area (Å²) in [6, 6.07) is 0.417. The summed E-state index contributed by atoms with van der Waals surface area (Å²) in [5, 5.41) is 3.27. The van der Waals surface area contributed by atoms with Crippen LogP contribution in [0.1, 0.15) is 59.8 Å². The Hall–Kier alpha value is -0.530. The third-order valence-electron chi connectivity index (χ3n) is 5.61. The Labute approximate surface area is 99.2 Å². The van der Waals surface area contributed by atoms with Gasteiger partial charge in [-0.1, -0.05) is 27.7 Å². The molecule has 1 N–H and O–H groups in total. The van der Waals surface area contributed by atoms with E-state index >= 15 is 0 Å². The predicted octanol–water partition coefficient (Wildman–Crippen LogP) is 3.12. The molecule has 2 rings (SSSR count). The van der Waals surface area contributed by atoms with Crippen LogP contribution in [0.5, 0.6) is 0 Å². The van der Waals surface area contributed by atoms with Gasteiger partial charge in [-0.3, -0.25) is 4.79 Å². The van der Waals surface area contributed by atoms with Crippen molar-refractivity contribution < 1.29 is 4.79 Å². The second-order valence-electron chi connectivity index (χ2n) is 6.48. The highest BCUT2D eigenvalue weighted by molar-refractivity contribution is 5.76. The van der Waals surface area contributed by atoms with Crippen LogP contribution in [-0.2, 0) is 4.79 Å². The average molecular weight is 223 g/mol. The standard InChI is InChI=1S/C14H25NO/c1-5-6-12(16)15-11-9-10-7-8-14(11,4)13(10,2)3/h10-11H,5-9H2,1-4H3,(H,15,16). The Morgan fingerprint density at radius 3 is 2.50 bits per heavy atom. The van der Waals surface area contributed by atoms with Crippen molar-refractivity contribution in [3.05, 3.63) is 0 Å². The number of carbonyl (C=O) groups is 1. The minimum atomic E-state index is 0.247.